The van der Waals surface area contributed by atoms with Gasteiger partial charge in [-0.3, -0.25) is 14.5 Å². The molecule has 10 heteroatoms. The summed E-state index contributed by atoms with van der Waals surface area (Å²) in [6, 6.07) is 12.2. The minimum Gasteiger partial charge on any atom is -0.475 e. The Balaban J connectivity index is 0.000000429. The Bertz CT molecular complexity index is 1130. The molecule has 1 N–H and O–H groups in total. The highest BCUT2D eigenvalue weighted by molar-refractivity contribution is 6.04. The lowest BCUT2D eigenvalue weighted by Crippen LogP contribution is -2.67. The Morgan fingerprint density at radius 3 is 2.23 bits per heavy atom. The number of carbonyl (C=O) groups is 2. The molecule has 7 nitrogen and oxygen atoms in total. The van der Waals surface area contributed by atoms with Crippen molar-refractivity contribution in [2.75, 3.05) is 24.5 Å². The molecular weight excluding hydrogens is 463 g/mol. The minimum absolute atomic E-state index is 0.0567. The first kappa shape index (κ1) is 26.5. The van der Waals surface area contributed by atoms with Gasteiger partial charge in [0, 0.05) is 38.9 Å². The van der Waals surface area contributed by atoms with Crippen LogP contribution in [0.1, 0.15) is 43.7 Å². The molecule has 0 aliphatic carbocycles. The number of likely N-dealkylation sites (tertiary alicyclic amines) is 1. The van der Waals surface area contributed by atoms with Gasteiger partial charge in [0.15, 0.2) is 0 Å². The van der Waals surface area contributed by atoms with Gasteiger partial charge >= 0.3 is 12.1 Å². The van der Waals surface area contributed by atoms with Crippen LogP contribution in [0.15, 0.2) is 47.4 Å². The molecule has 1 atom stereocenters. The van der Waals surface area contributed by atoms with E-state index >= 15 is 0 Å². The summed E-state index contributed by atoms with van der Waals surface area (Å²) >= 11 is 0. The van der Waals surface area contributed by atoms with E-state index in [1.807, 2.05) is 4.90 Å². The molecule has 35 heavy (non-hydrogen) atoms. The monoisotopic (exact) mass is 493 g/mol. The van der Waals surface area contributed by atoms with Gasteiger partial charge in [-0.2, -0.15) is 13.2 Å². The molecule has 3 heterocycles. The van der Waals surface area contributed by atoms with E-state index in [4.69, 9.17) is 9.90 Å². The van der Waals surface area contributed by atoms with Gasteiger partial charge in [0.25, 0.3) is 0 Å². The third-order valence-electron chi connectivity index (χ3n) is 6.49. The topological polar surface area (TPSA) is 82.8 Å². The number of aryl methyl sites for hydroxylation is 1. The van der Waals surface area contributed by atoms with E-state index < -0.39 is 12.1 Å². The van der Waals surface area contributed by atoms with Crippen LogP contribution in [0.2, 0.25) is 0 Å². The third kappa shape index (κ3) is 6.11. The number of anilines is 1. The van der Waals surface area contributed by atoms with Crippen molar-refractivity contribution in [1.82, 2.24) is 9.47 Å². The summed E-state index contributed by atoms with van der Waals surface area (Å²) in [5.41, 5.74) is 3.17. The lowest BCUT2D eigenvalue weighted by molar-refractivity contribution is -0.192. The number of nitrogens with zero attached hydrogens (tertiary/aromatic N) is 3. The maximum Gasteiger partial charge on any atom is 0.490 e. The van der Waals surface area contributed by atoms with Crippen LogP contribution in [-0.2, 0) is 23.2 Å². The highest BCUT2D eigenvalue weighted by Gasteiger charge is 2.54. The molecule has 190 valence electrons. The Kier molecular flexibility index (Phi) is 7.74. The largest absolute Gasteiger partial charge is 0.490 e. The van der Waals surface area contributed by atoms with E-state index in [0.717, 1.165) is 44.7 Å². The number of amides is 1. The highest BCUT2D eigenvalue weighted by atomic mass is 19.4. The van der Waals surface area contributed by atoms with Crippen LogP contribution < -0.4 is 10.5 Å². The molecule has 2 saturated heterocycles. The fourth-order valence-electron chi connectivity index (χ4n) is 4.52. The van der Waals surface area contributed by atoms with Crippen molar-refractivity contribution in [3.05, 3.63) is 64.1 Å². The van der Waals surface area contributed by atoms with E-state index in [1.54, 1.807) is 19.3 Å². The zero-order valence-electron chi connectivity index (χ0n) is 20.0. The van der Waals surface area contributed by atoms with Crippen molar-refractivity contribution in [2.45, 2.75) is 45.3 Å². The molecular formula is C25H30F3N3O4. The van der Waals surface area contributed by atoms with E-state index in [2.05, 4.69) is 43.0 Å². The van der Waals surface area contributed by atoms with Crippen LogP contribution in [0.25, 0.3) is 0 Å². The van der Waals surface area contributed by atoms with Crippen LogP contribution in [0.4, 0.5) is 18.9 Å². The molecule has 1 spiro atoms. The van der Waals surface area contributed by atoms with Crippen molar-refractivity contribution < 1.29 is 27.9 Å². The van der Waals surface area contributed by atoms with Crippen LogP contribution in [0.3, 0.4) is 0 Å². The number of alkyl halides is 3. The van der Waals surface area contributed by atoms with Gasteiger partial charge in [0.1, 0.15) is 0 Å². The molecule has 2 aromatic rings. The van der Waals surface area contributed by atoms with Gasteiger partial charge in [-0.1, -0.05) is 38.1 Å². The number of benzene rings is 1. The first-order chi connectivity index (χ1) is 16.3. The number of hydrogen-bond donors (Lipinski definition) is 1. The molecule has 4 rings (SSSR count). The Labute approximate surface area is 201 Å². The Morgan fingerprint density at radius 1 is 1.09 bits per heavy atom. The van der Waals surface area contributed by atoms with Crippen molar-refractivity contribution in [1.29, 1.82) is 0 Å². The number of carbonyl (C=O) groups excluding carboxylic acids is 1. The molecule has 2 aliphatic rings. The summed E-state index contributed by atoms with van der Waals surface area (Å²) in [6.07, 6.45) is -1.32. The highest BCUT2D eigenvalue weighted by Crippen LogP contribution is 2.42. The fourth-order valence-corrected chi connectivity index (χ4v) is 4.52. The second kappa shape index (κ2) is 10.2. The van der Waals surface area contributed by atoms with E-state index in [9.17, 15) is 22.8 Å². The summed E-state index contributed by atoms with van der Waals surface area (Å²) in [5, 5.41) is 7.12. The lowest BCUT2D eigenvalue weighted by atomic mass is 9.72. The number of aliphatic carboxylic acids is 1. The van der Waals surface area contributed by atoms with Gasteiger partial charge < -0.3 is 14.6 Å². The predicted octanol–water partition coefficient (Wildman–Crippen LogP) is 3.77. The lowest BCUT2D eigenvalue weighted by Gasteiger charge is -2.53. The third-order valence-corrected chi connectivity index (χ3v) is 6.49. The van der Waals surface area contributed by atoms with Gasteiger partial charge in [-0.05, 0) is 42.5 Å². The van der Waals surface area contributed by atoms with Gasteiger partial charge in [0.2, 0.25) is 11.5 Å². The van der Waals surface area contributed by atoms with Gasteiger partial charge in [0.05, 0.1) is 11.1 Å². The van der Waals surface area contributed by atoms with Gasteiger partial charge in [-0.25, -0.2) is 4.79 Å². The maximum atomic E-state index is 13.1. The van der Waals surface area contributed by atoms with E-state index in [-0.39, 0.29) is 16.9 Å². The standard InChI is InChI=1S/C23H29N3O2.C2HF3O2/c1-17(2)19-7-5-18(6-8-19)13-25-12-4-11-23(15-25)16-26(22(23)28)20-9-10-21(27)24(3)14-20;3-2(4,5)1(6)7/h5-10,14,17H,4,11-13,15-16H2,1-3H3;(H,6,7). The number of piperidine rings is 1. The maximum absolute atomic E-state index is 13.1. The number of β-lactam (4-membered cyclic amide) rings is 1. The van der Waals surface area contributed by atoms with Crippen LogP contribution in [0, 0.1) is 5.41 Å². The summed E-state index contributed by atoms with van der Waals surface area (Å²) in [5.74, 6) is -2.01. The van der Waals surface area contributed by atoms with Crippen LogP contribution >= 0.6 is 0 Å². The normalized spacial score (nSPS) is 20.4. The van der Waals surface area contributed by atoms with E-state index in [1.165, 1.54) is 21.8 Å². The summed E-state index contributed by atoms with van der Waals surface area (Å²) in [4.78, 5) is 37.8. The fraction of sp³-hybridized carbons (Fsp3) is 0.480. The molecule has 1 aromatic heterocycles. The minimum atomic E-state index is -5.08. The Morgan fingerprint density at radius 2 is 1.71 bits per heavy atom. The molecule has 0 radical (unpaired) electrons. The smallest absolute Gasteiger partial charge is 0.475 e. The number of rotatable bonds is 4. The summed E-state index contributed by atoms with van der Waals surface area (Å²) in [7, 11) is 1.72. The first-order valence-electron chi connectivity index (χ1n) is 11.4. The molecule has 1 amide bonds. The summed E-state index contributed by atoms with van der Waals surface area (Å²) in [6.45, 7) is 7.92. The zero-order chi connectivity index (χ0) is 26.0. The van der Waals surface area contributed by atoms with Crippen molar-refractivity contribution in [3.8, 4) is 0 Å². The number of pyridine rings is 1. The van der Waals surface area contributed by atoms with Crippen LogP contribution in [-0.4, -0.2) is 52.3 Å². The second-order valence-corrected chi connectivity index (χ2v) is 9.52. The molecule has 1 aromatic carbocycles. The van der Waals surface area contributed by atoms with Crippen molar-refractivity contribution in [2.24, 2.45) is 12.5 Å². The molecule has 2 fully saturated rings. The average molecular weight is 494 g/mol. The number of halogens is 3. The van der Waals surface area contributed by atoms with Gasteiger partial charge in [-0.15, -0.1) is 0 Å². The molecule has 1 unspecified atom stereocenters. The number of hydrogen-bond acceptors (Lipinski definition) is 4. The number of aromatic nitrogens is 1. The van der Waals surface area contributed by atoms with Crippen molar-refractivity contribution >= 4 is 17.6 Å². The first-order valence-corrected chi connectivity index (χ1v) is 11.4. The quantitative estimate of drug-likeness (QED) is 0.656. The number of carboxylic acid groups (broad SMARTS) is 1. The van der Waals surface area contributed by atoms with Crippen LogP contribution in [0.5, 0.6) is 0 Å². The van der Waals surface area contributed by atoms with Crippen molar-refractivity contribution in [3.63, 3.8) is 0 Å². The van der Waals surface area contributed by atoms with E-state index in [0.29, 0.717) is 5.92 Å². The zero-order valence-corrected chi connectivity index (χ0v) is 20.0. The number of carboxylic acids is 1. The molecule has 2 aliphatic heterocycles. The second-order valence-electron chi connectivity index (χ2n) is 9.52. The predicted molar refractivity (Wildman–Crippen MR) is 125 cm³/mol. The summed E-state index contributed by atoms with van der Waals surface area (Å²) < 4.78 is 33.3. The molecule has 0 bridgehead atoms. The SMILES string of the molecule is CC(C)c1ccc(CN2CCCC3(C2)CN(c2ccc(=O)n(C)c2)C3=O)cc1.O=C(O)C(F)(F)F. The average Bonchev–Trinajstić information content (AvgIpc) is 2.79. The Hall–Kier alpha value is -3.14. The molecule has 0 saturated carbocycles.